The van der Waals surface area contributed by atoms with Crippen molar-refractivity contribution in [2.24, 2.45) is 13.0 Å². The average molecular weight is 339 g/mol. The molecule has 0 bridgehead atoms. The van der Waals surface area contributed by atoms with Gasteiger partial charge in [-0.25, -0.2) is 9.97 Å². The molecule has 1 atom stereocenters. The van der Waals surface area contributed by atoms with Crippen LogP contribution in [0.3, 0.4) is 0 Å². The highest BCUT2D eigenvalue weighted by atomic mass is 16.3. The first kappa shape index (κ1) is 15.8. The van der Waals surface area contributed by atoms with Crippen molar-refractivity contribution >= 4 is 11.6 Å². The van der Waals surface area contributed by atoms with E-state index >= 15 is 0 Å². The van der Waals surface area contributed by atoms with Gasteiger partial charge in [-0.1, -0.05) is 0 Å². The van der Waals surface area contributed by atoms with E-state index in [9.17, 15) is 9.90 Å². The number of amides is 1. The van der Waals surface area contributed by atoms with Gasteiger partial charge in [-0.05, 0) is 30.9 Å². The van der Waals surface area contributed by atoms with Crippen LogP contribution < -0.4 is 0 Å². The molecule has 1 amide bonds. The molecule has 130 valence electrons. The van der Waals surface area contributed by atoms with E-state index in [1.807, 2.05) is 51.6 Å². The zero-order valence-electron chi connectivity index (χ0n) is 14.1. The van der Waals surface area contributed by atoms with Gasteiger partial charge in [0.05, 0.1) is 5.56 Å². The van der Waals surface area contributed by atoms with Gasteiger partial charge in [0.2, 0.25) is 0 Å². The third kappa shape index (κ3) is 2.91. The molecular formula is C18H21N5O2. The van der Waals surface area contributed by atoms with Crippen molar-refractivity contribution in [2.75, 3.05) is 13.1 Å². The Bertz CT molecular complexity index is 892. The van der Waals surface area contributed by atoms with Crippen LogP contribution in [0.5, 0.6) is 0 Å². The van der Waals surface area contributed by atoms with Crippen molar-refractivity contribution in [3.05, 3.63) is 54.5 Å². The second-order valence-corrected chi connectivity index (χ2v) is 6.58. The predicted octanol–water partition coefficient (Wildman–Crippen LogP) is 1.65. The molecule has 1 aliphatic rings. The molecule has 1 aliphatic heterocycles. The molecule has 4 rings (SSSR count). The van der Waals surface area contributed by atoms with Crippen molar-refractivity contribution in [2.45, 2.75) is 18.9 Å². The normalized spacial score (nSPS) is 17.1. The number of aromatic nitrogens is 4. The number of fused-ring (bicyclic) bond motifs is 1. The summed E-state index contributed by atoms with van der Waals surface area (Å²) in [6, 6.07) is 3.67. The van der Waals surface area contributed by atoms with Gasteiger partial charge in [0, 0.05) is 51.1 Å². The third-order valence-corrected chi connectivity index (χ3v) is 5.03. The van der Waals surface area contributed by atoms with Crippen LogP contribution in [0, 0.1) is 5.92 Å². The lowest BCUT2D eigenvalue weighted by Gasteiger charge is -2.34. The summed E-state index contributed by atoms with van der Waals surface area (Å²) in [7, 11) is 1.89. The lowest BCUT2D eigenvalue weighted by atomic mass is 9.90. The van der Waals surface area contributed by atoms with Crippen LogP contribution in [0.15, 0.2) is 43.1 Å². The first-order valence-electron chi connectivity index (χ1n) is 8.51. The molecule has 0 unspecified atom stereocenters. The summed E-state index contributed by atoms with van der Waals surface area (Å²) in [6.45, 7) is 1.29. The van der Waals surface area contributed by atoms with Gasteiger partial charge in [-0.3, -0.25) is 4.79 Å². The van der Waals surface area contributed by atoms with Gasteiger partial charge < -0.3 is 19.0 Å². The van der Waals surface area contributed by atoms with Gasteiger partial charge in [0.1, 0.15) is 17.6 Å². The molecule has 0 spiro atoms. The molecule has 3 aromatic heterocycles. The number of imidazole rings is 2. The molecule has 0 aromatic carbocycles. The number of nitrogens with zero attached hydrogens (tertiary/aromatic N) is 5. The van der Waals surface area contributed by atoms with E-state index in [1.54, 1.807) is 12.4 Å². The minimum atomic E-state index is -0.584. The van der Waals surface area contributed by atoms with E-state index in [2.05, 4.69) is 9.97 Å². The monoisotopic (exact) mass is 339 g/mol. The zero-order chi connectivity index (χ0) is 17.4. The average Bonchev–Trinajstić information content (AvgIpc) is 3.28. The number of carbonyl (C=O) groups excluding carboxylic acids is 1. The quantitative estimate of drug-likeness (QED) is 0.787. The highest BCUT2D eigenvalue weighted by molar-refractivity contribution is 5.94. The number of carbonyl (C=O) groups is 1. The summed E-state index contributed by atoms with van der Waals surface area (Å²) < 4.78 is 3.70. The van der Waals surface area contributed by atoms with E-state index in [0.717, 1.165) is 18.5 Å². The predicted molar refractivity (Wildman–Crippen MR) is 92.0 cm³/mol. The summed E-state index contributed by atoms with van der Waals surface area (Å²) in [5.41, 5.74) is 1.49. The maximum atomic E-state index is 12.7. The Labute approximate surface area is 145 Å². The first-order chi connectivity index (χ1) is 12.1. The van der Waals surface area contributed by atoms with Gasteiger partial charge in [0.15, 0.2) is 0 Å². The summed E-state index contributed by atoms with van der Waals surface area (Å²) in [6.07, 6.45) is 9.86. The van der Waals surface area contributed by atoms with Gasteiger partial charge in [0.25, 0.3) is 5.91 Å². The molecule has 0 radical (unpaired) electrons. The maximum absolute atomic E-state index is 12.7. The largest absolute Gasteiger partial charge is 0.385 e. The Hall–Kier alpha value is -2.67. The van der Waals surface area contributed by atoms with E-state index < -0.39 is 6.10 Å². The molecule has 4 heterocycles. The third-order valence-electron chi connectivity index (χ3n) is 5.03. The van der Waals surface area contributed by atoms with Crippen LogP contribution in [-0.2, 0) is 7.05 Å². The fourth-order valence-corrected chi connectivity index (χ4v) is 3.52. The standard InChI is InChI=1S/C18H21N5O2/c1-21-10-6-20-17(21)16(24)13-4-8-22(9-5-13)18(25)14-2-3-15-19-7-11-23(15)12-14/h2-3,6-7,10-13,16,24H,4-5,8-9H2,1H3/t16-/m1/s1. The van der Waals surface area contributed by atoms with Crippen molar-refractivity contribution in [1.82, 2.24) is 23.8 Å². The summed E-state index contributed by atoms with van der Waals surface area (Å²) >= 11 is 0. The SMILES string of the molecule is Cn1ccnc1[C@H](O)C1CCN(C(=O)c2ccc3nccn3c2)CC1. The molecule has 1 N–H and O–H groups in total. The Morgan fingerprint density at radius 2 is 1.96 bits per heavy atom. The number of hydrogen-bond acceptors (Lipinski definition) is 4. The first-order valence-corrected chi connectivity index (χ1v) is 8.51. The van der Waals surface area contributed by atoms with Gasteiger partial charge >= 0.3 is 0 Å². The Morgan fingerprint density at radius 3 is 2.68 bits per heavy atom. The van der Waals surface area contributed by atoms with Crippen LogP contribution in [-0.4, -0.2) is 47.9 Å². The summed E-state index contributed by atoms with van der Waals surface area (Å²) in [4.78, 5) is 23.0. The highest BCUT2D eigenvalue weighted by Gasteiger charge is 2.30. The van der Waals surface area contributed by atoms with Gasteiger partial charge in [-0.15, -0.1) is 0 Å². The number of aliphatic hydroxyl groups excluding tert-OH is 1. The number of aryl methyl sites for hydroxylation is 1. The fraction of sp³-hybridized carbons (Fsp3) is 0.389. The Morgan fingerprint density at radius 1 is 1.20 bits per heavy atom. The zero-order valence-corrected chi connectivity index (χ0v) is 14.1. The minimum Gasteiger partial charge on any atom is -0.385 e. The smallest absolute Gasteiger partial charge is 0.255 e. The molecule has 1 saturated heterocycles. The Balaban J connectivity index is 1.42. The molecule has 3 aromatic rings. The van der Waals surface area contributed by atoms with Crippen LogP contribution in [0.4, 0.5) is 0 Å². The van der Waals surface area contributed by atoms with E-state index in [4.69, 9.17) is 0 Å². The number of rotatable bonds is 3. The number of hydrogen-bond donors (Lipinski definition) is 1. The van der Waals surface area contributed by atoms with Crippen LogP contribution in [0.2, 0.25) is 0 Å². The summed E-state index contributed by atoms with van der Waals surface area (Å²) in [5.74, 6) is 0.845. The van der Waals surface area contributed by atoms with E-state index in [-0.39, 0.29) is 11.8 Å². The molecule has 7 heteroatoms. The van der Waals surface area contributed by atoms with Crippen LogP contribution in [0.25, 0.3) is 5.65 Å². The maximum Gasteiger partial charge on any atom is 0.255 e. The van der Waals surface area contributed by atoms with Gasteiger partial charge in [-0.2, -0.15) is 0 Å². The number of pyridine rings is 1. The lowest BCUT2D eigenvalue weighted by Crippen LogP contribution is -2.40. The molecule has 1 fully saturated rings. The van der Waals surface area contributed by atoms with Crippen molar-refractivity contribution in [3.63, 3.8) is 0 Å². The molecular weight excluding hydrogens is 318 g/mol. The molecule has 0 aliphatic carbocycles. The number of likely N-dealkylation sites (tertiary alicyclic amines) is 1. The second-order valence-electron chi connectivity index (χ2n) is 6.58. The number of aliphatic hydroxyl groups is 1. The van der Waals surface area contributed by atoms with Crippen LogP contribution >= 0.6 is 0 Å². The van der Waals surface area contributed by atoms with Crippen molar-refractivity contribution in [1.29, 1.82) is 0 Å². The van der Waals surface area contributed by atoms with Crippen LogP contribution in [0.1, 0.15) is 35.1 Å². The second kappa shape index (κ2) is 6.33. The highest BCUT2D eigenvalue weighted by Crippen LogP contribution is 2.30. The Kier molecular flexibility index (Phi) is 4.01. The lowest BCUT2D eigenvalue weighted by molar-refractivity contribution is 0.0420. The topological polar surface area (TPSA) is 75.7 Å². The van der Waals surface area contributed by atoms with Crippen molar-refractivity contribution in [3.8, 4) is 0 Å². The molecule has 25 heavy (non-hydrogen) atoms. The van der Waals surface area contributed by atoms with E-state index in [0.29, 0.717) is 24.5 Å². The van der Waals surface area contributed by atoms with Crippen molar-refractivity contribution < 1.29 is 9.90 Å². The summed E-state index contributed by atoms with van der Waals surface area (Å²) in [5, 5.41) is 10.6. The minimum absolute atomic E-state index is 0.0283. The van der Waals surface area contributed by atoms with E-state index in [1.165, 1.54) is 0 Å². The fourth-order valence-electron chi connectivity index (χ4n) is 3.52. The molecule has 0 saturated carbocycles. The number of piperidine rings is 1. The molecule has 7 nitrogen and oxygen atoms in total.